The summed E-state index contributed by atoms with van der Waals surface area (Å²) < 4.78 is 13.7. The van der Waals surface area contributed by atoms with Crippen molar-refractivity contribution in [3.63, 3.8) is 0 Å². The Kier molecular flexibility index (Phi) is 3.53. The molecule has 2 aromatic carbocycles. The normalized spacial score (nSPS) is 10.8. The molecule has 19 heavy (non-hydrogen) atoms. The number of rotatable bonds is 2. The molecule has 0 unspecified atom stereocenters. The molecule has 0 fully saturated rings. The maximum Gasteiger partial charge on any atom is 0.123 e. The maximum absolute atomic E-state index is 12.9. The molecule has 1 heterocycles. The van der Waals surface area contributed by atoms with E-state index in [0.29, 0.717) is 0 Å². The summed E-state index contributed by atoms with van der Waals surface area (Å²) in [5.41, 5.74) is 0. The highest BCUT2D eigenvalue weighted by Crippen LogP contribution is 2.31. The lowest BCUT2D eigenvalue weighted by molar-refractivity contribution is 0.626. The Balaban J connectivity index is 1.99. The minimum atomic E-state index is -0.225. The Hall–Kier alpha value is -1.39. The molecule has 3 aromatic rings. The summed E-state index contributed by atoms with van der Waals surface area (Å²) in [5.74, 6) is -0.225. The van der Waals surface area contributed by atoms with E-state index in [9.17, 15) is 4.39 Å². The predicted molar refractivity (Wildman–Crippen MR) is 80.0 cm³/mol. The van der Waals surface area contributed by atoms with Crippen LogP contribution in [0.25, 0.3) is 10.8 Å². The van der Waals surface area contributed by atoms with Gasteiger partial charge in [0, 0.05) is 10.3 Å². The minimum absolute atomic E-state index is 0.225. The van der Waals surface area contributed by atoms with Gasteiger partial charge in [0.05, 0.1) is 0 Å². The van der Waals surface area contributed by atoms with E-state index >= 15 is 0 Å². The van der Waals surface area contributed by atoms with Crippen LogP contribution in [0.2, 0.25) is 0 Å². The first kappa shape index (κ1) is 12.6. The molecule has 0 amide bonds. The molecule has 1 aromatic heterocycles. The molecule has 94 valence electrons. The van der Waals surface area contributed by atoms with Crippen LogP contribution in [-0.2, 0) is 0 Å². The summed E-state index contributed by atoms with van der Waals surface area (Å²) in [6.07, 6.45) is 0. The highest BCUT2D eigenvalue weighted by atomic mass is 79.9. The van der Waals surface area contributed by atoms with Crippen LogP contribution in [0, 0.1) is 5.82 Å². The van der Waals surface area contributed by atoms with Gasteiger partial charge in [-0.3, -0.25) is 0 Å². The van der Waals surface area contributed by atoms with Gasteiger partial charge in [-0.05, 0) is 51.6 Å². The molecule has 0 aliphatic carbocycles. The Morgan fingerprint density at radius 1 is 1.00 bits per heavy atom. The fraction of sp³-hybridized carbons (Fsp3) is 0. The van der Waals surface area contributed by atoms with Crippen molar-refractivity contribution in [1.82, 2.24) is 4.98 Å². The van der Waals surface area contributed by atoms with Crippen LogP contribution in [0.4, 0.5) is 4.39 Å². The van der Waals surface area contributed by atoms with E-state index in [4.69, 9.17) is 0 Å². The molecule has 1 nitrogen and oxygen atoms in total. The Labute approximate surface area is 123 Å². The van der Waals surface area contributed by atoms with Crippen molar-refractivity contribution in [3.8, 4) is 0 Å². The zero-order valence-electron chi connectivity index (χ0n) is 9.81. The molecule has 0 saturated heterocycles. The molecule has 0 saturated carbocycles. The van der Waals surface area contributed by atoms with Gasteiger partial charge in [-0.2, -0.15) is 0 Å². The van der Waals surface area contributed by atoms with Gasteiger partial charge in [-0.1, -0.05) is 36.0 Å². The average molecular weight is 334 g/mol. The molecule has 3 rings (SSSR count). The van der Waals surface area contributed by atoms with Crippen molar-refractivity contribution in [2.45, 2.75) is 9.92 Å². The van der Waals surface area contributed by atoms with Crippen LogP contribution in [0.1, 0.15) is 0 Å². The van der Waals surface area contributed by atoms with Gasteiger partial charge in [0.25, 0.3) is 0 Å². The zero-order chi connectivity index (χ0) is 13.2. The summed E-state index contributed by atoms with van der Waals surface area (Å²) in [6, 6.07) is 16.5. The van der Waals surface area contributed by atoms with E-state index in [2.05, 4.69) is 27.0 Å². The molecule has 0 spiro atoms. The van der Waals surface area contributed by atoms with Crippen molar-refractivity contribution < 1.29 is 4.39 Å². The SMILES string of the molecule is Fc1ccc(Sc2cc3ccccc3c(Br)n2)cc1. The second-order valence-corrected chi connectivity index (χ2v) is 5.87. The second kappa shape index (κ2) is 5.31. The third-order valence-electron chi connectivity index (χ3n) is 2.71. The standard InChI is InChI=1S/C15H9BrFNS/c16-15-13-4-2-1-3-10(13)9-14(18-15)19-12-7-5-11(17)6-8-12/h1-9H. The molecular weight excluding hydrogens is 325 g/mol. The summed E-state index contributed by atoms with van der Waals surface area (Å²) in [5, 5.41) is 3.11. The number of pyridine rings is 1. The quantitative estimate of drug-likeness (QED) is 0.591. The highest BCUT2D eigenvalue weighted by Gasteiger charge is 2.05. The zero-order valence-corrected chi connectivity index (χ0v) is 12.2. The van der Waals surface area contributed by atoms with Gasteiger partial charge < -0.3 is 0 Å². The molecule has 4 heteroatoms. The fourth-order valence-corrected chi connectivity index (χ4v) is 3.31. The van der Waals surface area contributed by atoms with E-state index in [1.165, 1.54) is 23.9 Å². The number of aromatic nitrogens is 1. The van der Waals surface area contributed by atoms with Crippen LogP contribution in [0.15, 0.2) is 69.1 Å². The maximum atomic E-state index is 12.9. The van der Waals surface area contributed by atoms with E-state index in [-0.39, 0.29) is 5.82 Å². The summed E-state index contributed by atoms with van der Waals surface area (Å²) >= 11 is 5.01. The lowest BCUT2D eigenvalue weighted by Crippen LogP contribution is -1.84. The van der Waals surface area contributed by atoms with E-state index in [1.807, 2.05) is 24.3 Å². The number of halogens is 2. The first-order valence-electron chi connectivity index (χ1n) is 5.71. The van der Waals surface area contributed by atoms with Crippen molar-refractivity contribution in [2.24, 2.45) is 0 Å². The summed E-state index contributed by atoms with van der Waals surface area (Å²) in [6.45, 7) is 0. The number of fused-ring (bicyclic) bond motifs is 1. The third-order valence-corrected chi connectivity index (χ3v) is 4.24. The Morgan fingerprint density at radius 2 is 1.74 bits per heavy atom. The molecule has 0 aliphatic heterocycles. The van der Waals surface area contributed by atoms with E-state index < -0.39 is 0 Å². The monoisotopic (exact) mass is 333 g/mol. The van der Waals surface area contributed by atoms with E-state index in [1.54, 1.807) is 12.1 Å². The lowest BCUT2D eigenvalue weighted by Gasteiger charge is -2.05. The van der Waals surface area contributed by atoms with Gasteiger partial charge in [-0.15, -0.1) is 0 Å². The first-order valence-corrected chi connectivity index (χ1v) is 7.32. The van der Waals surface area contributed by atoms with E-state index in [0.717, 1.165) is 25.3 Å². The van der Waals surface area contributed by atoms with Crippen LogP contribution in [0.5, 0.6) is 0 Å². The van der Waals surface area contributed by atoms with Gasteiger partial charge >= 0.3 is 0 Å². The van der Waals surface area contributed by atoms with Crippen LogP contribution in [-0.4, -0.2) is 4.98 Å². The van der Waals surface area contributed by atoms with Crippen LogP contribution < -0.4 is 0 Å². The smallest absolute Gasteiger partial charge is 0.123 e. The van der Waals surface area contributed by atoms with Crippen LogP contribution >= 0.6 is 27.7 Å². The molecule has 0 bridgehead atoms. The Morgan fingerprint density at radius 3 is 2.53 bits per heavy atom. The fourth-order valence-electron chi connectivity index (χ4n) is 1.81. The second-order valence-electron chi connectivity index (χ2n) is 4.03. The lowest BCUT2D eigenvalue weighted by atomic mass is 10.2. The average Bonchev–Trinajstić information content (AvgIpc) is 2.42. The van der Waals surface area contributed by atoms with Crippen molar-refractivity contribution in [3.05, 3.63) is 65.0 Å². The summed E-state index contributed by atoms with van der Waals surface area (Å²) in [7, 11) is 0. The molecule has 0 atom stereocenters. The van der Waals surface area contributed by atoms with Crippen molar-refractivity contribution in [1.29, 1.82) is 0 Å². The number of benzene rings is 2. The van der Waals surface area contributed by atoms with Gasteiger partial charge in [0.1, 0.15) is 15.4 Å². The molecule has 0 radical (unpaired) electrons. The largest absolute Gasteiger partial charge is 0.234 e. The van der Waals surface area contributed by atoms with Gasteiger partial charge in [-0.25, -0.2) is 9.37 Å². The van der Waals surface area contributed by atoms with Gasteiger partial charge in [0.15, 0.2) is 0 Å². The Bertz CT molecular complexity index is 728. The van der Waals surface area contributed by atoms with Crippen LogP contribution in [0.3, 0.4) is 0 Å². The third kappa shape index (κ3) is 2.80. The van der Waals surface area contributed by atoms with Crippen molar-refractivity contribution in [2.75, 3.05) is 0 Å². The molecule has 0 aliphatic rings. The predicted octanol–water partition coefficient (Wildman–Crippen LogP) is 5.29. The summed E-state index contributed by atoms with van der Waals surface area (Å²) in [4.78, 5) is 5.47. The minimum Gasteiger partial charge on any atom is -0.234 e. The molecular formula is C15H9BrFNS. The van der Waals surface area contributed by atoms with Gasteiger partial charge in [0.2, 0.25) is 0 Å². The number of hydrogen-bond donors (Lipinski definition) is 0. The number of nitrogens with zero attached hydrogens (tertiary/aromatic N) is 1. The molecule has 0 N–H and O–H groups in total. The highest BCUT2D eigenvalue weighted by molar-refractivity contribution is 9.10. The first-order chi connectivity index (χ1) is 9.22. The topological polar surface area (TPSA) is 12.9 Å². The van der Waals surface area contributed by atoms with Crippen molar-refractivity contribution >= 4 is 38.5 Å². The number of hydrogen-bond acceptors (Lipinski definition) is 2.